The van der Waals surface area contributed by atoms with E-state index in [-0.39, 0.29) is 17.5 Å². The summed E-state index contributed by atoms with van der Waals surface area (Å²) in [5.41, 5.74) is 2.00. The van der Waals surface area contributed by atoms with Crippen molar-refractivity contribution in [1.82, 2.24) is 5.32 Å². The molecule has 17 heavy (non-hydrogen) atoms. The second-order valence-electron chi connectivity index (χ2n) is 4.85. The van der Waals surface area contributed by atoms with Crippen molar-refractivity contribution in [2.24, 2.45) is 0 Å². The molecule has 0 saturated heterocycles. The lowest BCUT2D eigenvalue weighted by Crippen LogP contribution is -2.50. The van der Waals surface area contributed by atoms with Crippen LogP contribution in [0.25, 0.3) is 0 Å². The fourth-order valence-corrected chi connectivity index (χ4v) is 2.80. The van der Waals surface area contributed by atoms with Gasteiger partial charge in [0, 0.05) is 7.11 Å². The van der Waals surface area contributed by atoms with Crippen LogP contribution in [0, 0.1) is 12.7 Å². The molecule has 2 nitrogen and oxygen atoms in total. The van der Waals surface area contributed by atoms with Crippen molar-refractivity contribution in [1.29, 1.82) is 0 Å². The largest absolute Gasteiger partial charge is 0.376 e. The Bertz CT molecular complexity index is 396. The first-order chi connectivity index (χ1) is 8.13. The van der Waals surface area contributed by atoms with E-state index in [4.69, 9.17) is 4.74 Å². The Morgan fingerprint density at radius 3 is 2.53 bits per heavy atom. The van der Waals surface area contributed by atoms with Crippen molar-refractivity contribution in [2.75, 3.05) is 14.2 Å². The van der Waals surface area contributed by atoms with Crippen LogP contribution in [0.1, 0.15) is 36.4 Å². The van der Waals surface area contributed by atoms with Crippen molar-refractivity contribution >= 4 is 0 Å². The SMILES string of the molecule is CNC(c1ccc(F)cc1C)C1(OC)CCC1. The molecular formula is C14H20FNO. The van der Waals surface area contributed by atoms with Crippen molar-refractivity contribution in [2.45, 2.75) is 37.8 Å². The zero-order valence-corrected chi connectivity index (χ0v) is 10.7. The van der Waals surface area contributed by atoms with Gasteiger partial charge >= 0.3 is 0 Å². The Morgan fingerprint density at radius 2 is 2.12 bits per heavy atom. The van der Waals surface area contributed by atoms with Gasteiger partial charge in [-0.15, -0.1) is 0 Å². The second-order valence-corrected chi connectivity index (χ2v) is 4.85. The lowest BCUT2D eigenvalue weighted by atomic mass is 9.71. The van der Waals surface area contributed by atoms with Crippen LogP contribution in [0.4, 0.5) is 4.39 Å². The molecule has 94 valence electrons. The van der Waals surface area contributed by atoms with E-state index in [0.29, 0.717) is 0 Å². The monoisotopic (exact) mass is 237 g/mol. The third-order valence-corrected chi connectivity index (χ3v) is 3.96. The minimum Gasteiger partial charge on any atom is -0.376 e. The van der Waals surface area contributed by atoms with Gasteiger partial charge < -0.3 is 10.1 Å². The molecule has 0 aliphatic heterocycles. The standard InChI is InChI=1S/C14H20FNO/c1-10-9-11(15)5-6-12(10)13(16-2)14(17-3)7-4-8-14/h5-6,9,13,16H,4,7-8H2,1-3H3. The number of nitrogens with one attached hydrogen (secondary N) is 1. The van der Waals surface area contributed by atoms with E-state index in [2.05, 4.69) is 5.32 Å². The minimum atomic E-state index is -0.179. The molecule has 0 spiro atoms. The van der Waals surface area contributed by atoms with Gasteiger partial charge in [-0.1, -0.05) is 6.07 Å². The van der Waals surface area contributed by atoms with E-state index in [9.17, 15) is 4.39 Å². The summed E-state index contributed by atoms with van der Waals surface area (Å²) < 4.78 is 18.8. The van der Waals surface area contributed by atoms with Crippen LogP contribution in [0.2, 0.25) is 0 Å². The van der Waals surface area contributed by atoms with Gasteiger partial charge in [-0.2, -0.15) is 0 Å². The van der Waals surface area contributed by atoms with Gasteiger partial charge in [0.1, 0.15) is 5.82 Å². The Morgan fingerprint density at radius 1 is 1.41 bits per heavy atom. The highest BCUT2D eigenvalue weighted by molar-refractivity contribution is 5.32. The average molecular weight is 237 g/mol. The van der Waals surface area contributed by atoms with Crippen molar-refractivity contribution in [3.05, 3.63) is 35.1 Å². The van der Waals surface area contributed by atoms with E-state index in [0.717, 1.165) is 24.0 Å². The first-order valence-corrected chi connectivity index (χ1v) is 6.11. The molecule has 1 fully saturated rings. The highest BCUT2D eigenvalue weighted by Gasteiger charge is 2.44. The number of likely N-dealkylation sites (N-methyl/N-ethyl adjacent to an activating group) is 1. The van der Waals surface area contributed by atoms with E-state index in [1.54, 1.807) is 13.2 Å². The predicted octanol–water partition coefficient (Wildman–Crippen LogP) is 2.96. The highest BCUT2D eigenvalue weighted by Crippen LogP contribution is 2.45. The molecule has 1 atom stereocenters. The van der Waals surface area contributed by atoms with Crippen molar-refractivity contribution in [3.63, 3.8) is 0 Å². The first-order valence-electron chi connectivity index (χ1n) is 6.11. The smallest absolute Gasteiger partial charge is 0.123 e. The molecule has 1 aliphatic carbocycles. The summed E-state index contributed by atoms with van der Waals surface area (Å²) in [6.45, 7) is 1.95. The topological polar surface area (TPSA) is 21.3 Å². The number of hydrogen-bond acceptors (Lipinski definition) is 2. The zero-order valence-electron chi connectivity index (χ0n) is 10.7. The minimum absolute atomic E-state index is 0.114. The molecule has 1 aromatic rings. The number of hydrogen-bond donors (Lipinski definition) is 1. The fraction of sp³-hybridized carbons (Fsp3) is 0.571. The Kier molecular flexibility index (Phi) is 3.50. The van der Waals surface area contributed by atoms with Crippen LogP contribution in [-0.4, -0.2) is 19.8 Å². The third kappa shape index (κ3) is 2.09. The number of methoxy groups -OCH3 is 1. The Hall–Kier alpha value is -0.930. The maximum Gasteiger partial charge on any atom is 0.123 e. The molecule has 0 aromatic heterocycles. The number of rotatable bonds is 4. The van der Waals surface area contributed by atoms with Crippen molar-refractivity contribution < 1.29 is 9.13 Å². The van der Waals surface area contributed by atoms with Gasteiger partial charge in [0.05, 0.1) is 11.6 Å². The normalized spacial score (nSPS) is 19.8. The number of ether oxygens (including phenoxy) is 1. The fourth-order valence-electron chi connectivity index (χ4n) is 2.80. The van der Waals surface area contributed by atoms with Crippen LogP contribution >= 0.6 is 0 Å². The van der Waals surface area contributed by atoms with Crippen molar-refractivity contribution in [3.8, 4) is 0 Å². The molecule has 1 saturated carbocycles. The molecule has 1 N–H and O–H groups in total. The predicted molar refractivity (Wildman–Crippen MR) is 66.5 cm³/mol. The van der Waals surface area contributed by atoms with Gasteiger partial charge in [0.2, 0.25) is 0 Å². The highest BCUT2D eigenvalue weighted by atomic mass is 19.1. The summed E-state index contributed by atoms with van der Waals surface area (Å²) in [6.07, 6.45) is 3.32. The average Bonchev–Trinajstić information content (AvgIpc) is 2.24. The molecule has 0 heterocycles. The van der Waals surface area contributed by atoms with E-state index in [1.165, 1.54) is 12.5 Å². The van der Waals surface area contributed by atoms with Crippen LogP contribution in [-0.2, 0) is 4.74 Å². The molecule has 1 aliphatic rings. The van der Waals surface area contributed by atoms with Crippen LogP contribution in [0.3, 0.4) is 0 Å². The first kappa shape index (κ1) is 12.5. The van der Waals surface area contributed by atoms with Gasteiger partial charge in [0.25, 0.3) is 0 Å². The lowest BCUT2D eigenvalue weighted by Gasteiger charge is -2.47. The summed E-state index contributed by atoms with van der Waals surface area (Å²) in [5.74, 6) is -0.179. The van der Waals surface area contributed by atoms with Crippen LogP contribution < -0.4 is 5.32 Å². The van der Waals surface area contributed by atoms with Gasteiger partial charge in [0.15, 0.2) is 0 Å². The molecule has 0 radical (unpaired) electrons. The summed E-state index contributed by atoms with van der Waals surface area (Å²) in [6, 6.07) is 5.11. The third-order valence-electron chi connectivity index (χ3n) is 3.96. The maximum absolute atomic E-state index is 13.1. The van der Waals surface area contributed by atoms with Gasteiger partial charge in [-0.05, 0) is 56.5 Å². The summed E-state index contributed by atoms with van der Waals surface area (Å²) in [5, 5.41) is 3.32. The molecular weight excluding hydrogens is 217 g/mol. The van der Waals surface area contributed by atoms with E-state index in [1.807, 2.05) is 20.0 Å². The van der Waals surface area contributed by atoms with Crippen LogP contribution in [0.5, 0.6) is 0 Å². The lowest BCUT2D eigenvalue weighted by molar-refractivity contribution is -0.0984. The van der Waals surface area contributed by atoms with E-state index < -0.39 is 0 Å². The zero-order chi connectivity index (χ0) is 12.5. The second kappa shape index (κ2) is 4.75. The van der Waals surface area contributed by atoms with Gasteiger partial charge in [-0.3, -0.25) is 0 Å². The summed E-state index contributed by atoms with van der Waals surface area (Å²) in [4.78, 5) is 0. The van der Waals surface area contributed by atoms with Gasteiger partial charge in [-0.25, -0.2) is 4.39 Å². The van der Waals surface area contributed by atoms with E-state index >= 15 is 0 Å². The number of aryl methyl sites for hydroxylation is 1. The summed E-state index contributed by atoms with van der Waals surface area (Å²) >= 11 is 0. The Labute approximate surface area is 102 Å². The molecule has 3 heteroatoms. The maximum atomic E-state index is 13.1. The molecule has 1 aromatic carbocycles. The van der Waals surface area contributed by atoms with Crippen LogP contribution in [0.15, 0.2) is 18.2 Å². The quantitative estimate of drug-likeness (QED) is 0.869. The number of benzene rings is 1. The number of halogens is 1. The molecule has 1 unspecified atom stereocenters. The summed E-state index contributed by atoms with van der Waals surface area (Å²) in [7, 11) is 3.70. The molecule has 0 amide bonds. The molecule has 0 bridgehead atoms. The molecule has 2 rings (SSSR count). The Balaban J connectivity index is 2.35.